The van der Waals surface area contributed by atoms with Gasteiger partial charge in [-0.25, -0.2) is 19.2 Å². The van der Waals surface area contributed by atoms with Crippen molar-refractivity contribution in [3.63, 3.8) is 0 Å². The largest absolute Gasteiger partial charge is 0.497 e. The second kappa shape index (κ2) is 33.7. The van der Waals surface area contributed by atoms with Crippen molar-refractivity contribution >= 4 is 23.9 Å². The summed E-state index contributed by atoms with van der Waals surface area (Å²) >= 11 is 0. The van der Waals surface area contributed by atoms with E-state index in [0.717, 1.165) is 187 Å². The molecule has 6 aromatic carbocycles. The van der Waals surface area contributed by atoms with Crippen LogP contribution in [0.25, 0.3) is 0 Å². The summed E-state index contributed by atoms with van der Waals surface area (Å²) in [7, 11) is 17.3. The van der Waals surface area contributed by atoms with Gasteiger partial charge in [0, 0.05) is 110 Å². The van der Waals surface area contributed by atoms with Crippen LogP contribution in [0.4, 0.5) is 0 Å². The number of quaternary nitrogens is 4. The van der Waals surface area contributed by atoms with Crippen LogP contribution in [0.15, 0.2) is 133 Å². The maximum atomic E-state index is 13.0. The summed E-state index contributed by atoms with van der Waals surface area (Å²) in [6, 6.07) is 37.1. The van der Waals surface area contributed by atoms with Crippen LogP contribution in [0.5, 0.6) is 57.5 Å². The number of benzene rings is 6. The molecule has 0 radical (unpaired) electrons. The number of fused-ring (bicyclic) bond motifs is 4. The first-order valence-electron chi connectivity index (χ1n) is 36.8. The number of hydrogen-bond acceptors (Lipinski definition) is 18. The molecular weight excluding hydrogens is 1340 g/mol. The van der Waals surface area contributed by atoms with Crippen molar-refractivity contribution in [2.45, 2.75) is 82.6 Å². The van der Waals surface area contributed by atoms with Gasteiger partial charge in [-0.05, 0) is 107 Å². The average molecular weight is 1450 g/mol. The van der Waals surface area contributed by atoms with E-state index >= 15 is 0 Å². The van der Waals surface area contributed by atoms with Gasteiger partial charge in [0.25, 0.3) is 0 Å². The van der Waals surface area contributed by atoms with Gasteiger partial charge in [0.15, 0.2) is 52.1 Å². The predicted octanol–water partition coefficient (Wildman–Crippen LogP) is 10.6. The fraction of sp³-hybridized carbons (Fsp3) is 0.470. The van der Waals surface area contributed by atoms with Gasteiger partial charge in [-0.15, -0.1) is 0 Å². The predicted molar refractivity (Wildman–Crippen MR) is 392 cm³/mol. The maximum absolute atomic E-state index is 13.0. The fourth-order valence-corrected chi connectivity index (χ4v) is 16.4. The summed E-state index contributed by atoms with van der Waals surface area (Å²) in [5.74, 6) is 5.14. The highest BCUT2D eigenvalue weighted by atomic mass is 16.7. The number of likely N-dealkylation sites (N-methyl/N-ethyl adjacent to an activating group) is 2. The van der Waals surface area contributed by atoms with E-state index in [9.17, 15) is 19.2 Å². The van der Waals surface area contributed by atoms with E-state index < -0.39 is 30.0 Å². The summed E-state index contributed by atoms with van der Waals surface area (Å²) in [5.41, 5.74) is 9.41. The number of rotatable bonds is 32. The molecule has 0 bridgehead atoms. The van der Waals surface area contributed by atoms with Gasteiger partial charge in [0.2, 0.25) is 6.79 Å². The highest BCUT2D eigenvalue weighted by Crippen LogP contribution is 2.46. The molecule has 22 nitrogen and oxygen atoms in total. The van der Waals surface area contributed by atoms with Crippen LogP contribution in [0.3, 0.4) is 0 Å². The van der Waals surface area contributed by atoms with E-state index in [-0.39, 0.29) is 63.7 Å². The summed E-state index contributed by atoms with van der Waals surface area (Å²) in [6.07, 6.45) is 10.5. The molecule has 0 aliphatic carbocycles. The van der Waals surface area contributed by atoms with Gasteiger partial charge >= 0.3 is 23.9 Å². The molecule has 0 saturated carbocycles. The fourth-order valence-electron chi connectivity index (χ4n) is 16.4. The zero-order valence-electron chi connectivity index (χ0n) is 62.4. The number of carbonyl (C=O) groups excluding carboxylic acids is 4. The van der Waals surface area contributed by atoms with E-state index in [2.05, 4.69) is 94.9 Å². The standard InChI is InChI=1S/C83H104N4O18/c1-84(48-59-16-22-72-77(42-59)104-56-103-72)34-28-61(50-84)52-101-82(90)26-25-81(89)98-39-11-33-87(4)37-31-64-45-75(95-8)78(47-69(64)71(87)41-58-14-20-66(93-6)21-15-58)100-55-67-54-99-73-23-17-60(43-79(73)105-67)49-85(2)35-29-62(51-85)53-102-83(91)27-24-80(88)97-38-10-32-86(3)36-30-63-44-74(94-7)76(96-9)46-68(63)70(86)40-57-12-18-65(92-5)19-13-57/h12-27,42-47,61-62,67,70-71H,10-11,28-41,48-56H2,1-9H3/q+4/b26-25-,27-24-. The Morgan fingerprint density at radius 3 is 1.36 bits per heavy atom. The van der Waals surface area contributed by atoms with E-state index in [1.807, 2.05) is 42.5 Å². The minimum absolute atomic E-state index is 0.00792. The van der Waals surface area contributed by atoms with Gasteiger partial charge in [-0.1, -0.05) is 24.3 Å². The molecular formula is C83H104N4O18+4. The summed E-state index contributed by atoms with van der Waals surface area (Å²) in [4.78, 5) is 51.7. The lowest BCUT2D eigenvalue weighted by atomic mass is 9.86. The lowest BCUT2D eigenvalue weighted by molar-refractivity contribution is -0.941. The molecule has 6 heterocycles. The van der Waals surface area contributed by atoms with E-state index in [1.165, 1.54) is 27.8 Å². The molecule has 6 aliphatic rings. The van der Waals surface area contributed by atoms with Crippen LogP contribution >= 0.6 is 0 Å². The van der Waals surface area contributed by atoms with Crippen LogP contribution in [0.1, 0.15) is 82.3 Å². The highest BCUT2D eigenvalue weighted by Gasteiger charge is 2.43. The van der Waals surface area contributed by atoms with Crippen molar-refractivity contribution in [2.75, 3.05) is 163 Å². The third-order valence-corrected chi connectivity index (χ3v) is 22.3. The Kier molecular flexibility index (Phi) is 24.2. The first-order valence-corrected chi connectivity index (χ1v) is 36.8. The van der Waals surface area contributed by atoms with Crippen LogP contribution in [-0.4, -0.2) is 210 Å². The van der Waals surface area contributed by atoms with Crippen molar-refractivity contribution in [1.82, 2.24) is 0 Å². The monoisotopic (exact) mass is 1440 g/mol. The van der Waals surface area contributed by atoms with Crippen molar-refractivity contribution < 1.29 is 103 Å². The normalized spacial score (nSPS) is 24.1. The SMILES string of the molecule is COc1ccc(CC2c3cc(OC)c(OC)cc3CC[N+]2(C)CCCOC(=O)/C=C\C(=O)OCC2CC[N+](C)(Cc3ccc4c(c3)OC(COc3cc5c(cc3OC)CC[N+](C)(CCCOC(=O)/C=C\C(=O)OCC3CC[N+](C)(Cc6ccc7c(c6)OCO7)C3)C5Cc3ccc(OC)cc3)CO4)C2)cc1. The molecule has 6 aromatic rings. The number of carbonyl (C=O) groups is 4. The molecule has 9 unspecified atom stereocenters. The number of ether oxygens (including phenoxy) is 14. The lowest BCUT2D eigenvalue weighted by Crippen LogP contribution is -2.52. The van der Waals surface area contributed by atoms with Gasteiger partial charge < -0.3 is 84.2 Å². The number of nitrogens with zero attached hydrogens (tertiary/aromatic N) is 4. The zero-order valence-corrected chi connectivity index (χ0v) is 62.4. The Bertz CT molecular complexity index is 4110. The minimum Gasteiger partial charge on any atom is -0.497 e. The van der Waals surface area contributed by atoms with E-state index in [4.69, 9.17) is 66.3 Å². The van der Waals surface area contributed by atoms with Crippen molar-refractivity contribution in [3.05, 3.63) is 178 Å². The first-order chi connectivity index (χ1) is 50.7. The Balaban J connectivity index is 0.589. The smallest absolute Gasteiger partial charge is 0.331 e. The lowest BCUT2D eigenvalue weighted by Gasteiger charge is -2.46. The Hall–Kier alpha value is -9.48. The third-order valence-electron chi connectivity index (χ3n) is 22.3. The summed E-state index contributed by atoms with van der Waals surface area (Å²) in [6.45, 7) is 10.0. The molecule has 0 spiro atoms. The first kappa shape index (κ1) is 75.2. The second-order valence-electron chi connectivity index (χ2n) is 30.1. The number of likely N-dealkylation sites (tertiary alicyclic amines) is 2. The Labute approximate surface area is 617 Å². The maximum Gasteiger partial charge on any atom is 0.331 e. The second-order valence-corrected chi connectivity index (χ2v) is 30.1. The van der Waals surface area contributed by atoms with Crippen LogP contribution in [0.2, 0.25) is 0 Å². The molecule has 0 amide bonds. The van der Waals surface area contributed by atoms with Crippen molar-refractivity contribution in [1.29, 1.82) is 0 Å². The number of esters is 4. The summed E-state index contributed by atoms with van der Waals surface area (Å²) < 4.78 is 84.7. The van der Waals surface area contributed by atoms with E-state index in [0.29, 0.717) is 52.7 Å². The van der Waals surface area contributed by atoms with Gasteiger partial charge in [0.1, 0.15) is 63.1 Å². The molecule has 2 fully saturated rings. The highest BCUT2D eigenvalue weighted by molar-refractivity contribution is 5.92. The molecule has 9 atom stereocenters. The van der Waals surface area contributed by atoms with Gasteiger partial charge in [-0.2, -0.15) is 0 Å². The molecule has 2 saturated heterocycles. The van der Waals surface area contributed by atoms with Crippen LogP contribution < -0.4 is 47.4 Å². The molecule has 0 aromatic heterocycles. The third kappa shape index (κ3) is 19.0. The van der Waals surface area contributed by atoms with Crippen molar-refractivity contribution in [3.8, 4) is 57.5 Å². The Morgan fingerprint density at radius 2 is 0.876 bits per heavy atom. The van der Waals surface area contributed by atoms with Crippen LogP contribution in [0, 0.1) is 11.8 Å². The average Bonchev–Trinajstić information content (AvgIpc) is 1.47. The molecule has 105 heavy (non-hydrogen) atoms. The van der Waals surface area contributed by atoms with Crippen molar-refractivity contribution in [2.24, 2.45) is 11.8 Å². The Morgan fingerprint density at radius 1 is 0.448 bits per heavy atom. The molecule has 12 rings (SSSR count). The molecule has 22 heteroatoms. The molecule has 560 valence electrons. The summed E-state index contributed by atoms with van der Waals surface area (Å²) in [5, 5.41) is 0. The minimum atomic E-state index is -0.591. The van der Waals surface area contributed by atoms with Gasteiger partial charge in [0.05, 0.1) is 129 Å². The number of methoxy groups -OCH3 is 5. The molecule has 6 aliphatic heterocycles. The van der Waals surface area contributed by atoms with Gasteiger partial charge in [-0.3, -0.25) is 0 Å². The quantitative estimate of drug-likeness (QED) is 0.0127. The number of hydrogen-bond donors (Lipinski definition) is 0. The van der Waals surface area contributed by atoms with Crippen LogP contribution in [-0.2, 0) is 76.9 Å². The molecule has 0 N–H and O–H groups in total. The zero-order chi connectivity index (χ0) is 73.7. The topological polar surface area (TPSA) is 197 Å². The van der Waals surface area contributed by atoms with E-state index in [1.54, 1.807) is 35.5 Å².